The number of carboxylic acids is 1. The maximum atomic E-state index is 12.8. The minimum absolute atomic E-state index is 0.109. The molecule has 1 aliphatic carbocycles. The van der Waals surface area contributed by atoms with Crippen molar-refractivity contribution < 1.29 is 24.6 Å². The molecule has 0 amide bonds. The molecule has 0 aromatic rings. The lowest BCUT2D eigenvalue weighted by molar-refractivity contribution is -0.137. The van der Waals surface area contributed by atoms with Gasteiger partial charge in [-0.1, -0.05) is 52.9 Å². The van der Waals surface area contributed by atoms with E-state index >= 15 is 0 Å². The van der Waals surface area contributed by atoms with Crippen LogP contribution in [0.4, 0.5) is 0 Å². The van der Waals surface area contributed by atoms with Crippen LogP contribution in [0.5, 0.6) is 0 Å². The average molecular weight is 397 g/mol. The van der Waals surface area contributed by atoms with Gasteiger partial charge in [0.25, 0.3) is 0 Å². The van der Waals surface area contributed by atoms with Crippen molar-refractivity contribution in [1.29, 1.82) is 0 Å². The zero-order valence-corrected chi connectivity index (χ0v) is 18.0. The molecule has 1 aliphatic rings. The third-order valence-corrected chi connectivity index (χ3v) is 6.73. The fourth-order valence-electron chi connectivity index (χ4n) is 4.46. The van der Waals surface area contributed by atoms with E-state index in [9.17, 15) is 19.5 Å². The summed E-state index contributed by atoms with van der Waals surface area (Å²) in [5, 5.41) is 19.0. The molecule has 1 rings (SSSR count). The molecular weight excluding hydrogens is 356 g/mol. The molecule has 0 bridgehead atoms. The number of carbonyl (C=O) groups is 3. The van der Waals surface area contributed by atoms with E-state index in [4.69, 9.17) is 5.11 Å². The normalized spacial score (nSPS) is 24.3. The number of aliphatic carboxylic acids is 1. The second kappa shape index (κ2) is 12.4. The molecule has 4 atom stereocenters. The van der Waals surface area contributed by atoms with Crippen molar-refractivity contribution in [3.05, 3.63) is 0 Å². The van der Waals surface area contributed by atoms with Gasteiger partial charge in [-0.05, 0) is 38.0 Å². The van der Waals surface area contributed by atoms with E-state index in [1.807, 2.05) is 0 Å². The summed E-state index contributed by atoms with van der Waals surface area (Å²) in [5.74, 6) is -0.632. The SMILES string of the molecule is CCCCC(C)(CC)C(=O)CCC1C(O)CC(=O)C1CCCCCCC(=O)O. The minimum Gasteiger partial charge on any atom is -0.481 e. The van der Waals surface area contributed by atoms with Crippen LogP contribution in [0.25, 0.3) is 0 Å². The van der Waals surface area contributed by atoms with Crippen LogP contribution in [0.2, 0.25) is 0 Å². The van der Waals surface area contributed by atoms with Gasteiger partial charge in [0.1, 0.15) is 11.6 Å². The number of hydrogen-bond donors (Lipinski definition) is 2. The average Bonchev–Trinajstić information content (AvgIpc) is 2.92. The first-order chi connectivity index (χ1) is 13.2. The first-order valence-electron chi connectivity index (χ1n) is 11.2. The van der Waals surface area contributed by atoms with Crippen LogP contribution in [0, 0.1) is 17.3 Å². The van der Waals surface area contributed by atoms with Crippen LogP contribution in [0.1, 0.15) is 104 Å². The lowest BCUT2D eigenvalue weighted by Crippen LogP contribution is -2.29. The second-order valence-electron chi connectivity index (χ2n) is 8.83. The summed E-state index contributed by atoms with van der Waals surface area (Å²) in [6, 6.07) is 0. The zero-order valence-electron chi connectivity index (χ0n) is 18.0. The molecule has 5 nitrogen and oxygen atoms in total. The molecule has 0 radical (unpaired) electrons. The van der Waals surface area contributed by atoms with Crippen LogP contribution in [-0.2, 0) is 14.4 Å². The van der Waals surface area contributed by atoms with Crippen molar-refractivity contribution in [2.45, 2.75) is 110 Å². The van der Waals surface area contributed by atoms with E-state index in [2.05, 4.69) is 20.8 Å². The molecule has 0 saturated heterocycles. The molecule has 0 spiro atoms. The molecule has 5 heteroatoms. The highest BCUT2D eigenvalue weighted by atomic mass is 16.4. The van der Waals surface area contributed by atoms with E-state index in [0.29, 0.717) is 19.3 Å². The Kier molecular flexibility index (Phi) is 10.9. The number of aliphatic hydroxyl groups is 1. The summed E-state index contributed by atoms with van der Waals surface area (Å²) >= 11 is 0. The number of ketones is 2. The van der Waals surface area contributed by atoms with Gasteiger partial charge in [-0.15, -0.1) is 0 Å². The molecular formula is C23H40O5. The summed E-state index contributed by atoms with van der Waals surface area (Å²) in [4.78, 5) is 35.7. The Labute approximate surface area is 170 Å². The molecule has 1 fully saturated rings. The molecule has 0 aromatic carbocycles. The van der Waals surface area contributed by atoms with Gasteiger partial charge in [-0.2, -0.15) is 0 Å². The van der Waals surface area contributed by atoms with Gasteiger partial charge in [-0.3, -0.25) is 14.4 Å². The van der Waals surface area contributed by atoms with Crippen molar-refractivity contribution in [3.8, 4) is 0 Å². The Balaban J connectivity index is 2.51. The summed E-state index contributed by atoms with van der Waals surface area (Å²) in [7, 11) is 0. The standard InChI is InChI=1S/C23H40O5/c1-4-6-15-23(3,5-2)21(26)14-13-18-17(19(24)16-20(18)25)11-9-7-8-10-12-22(27)28/h17-18,20,25H,4-16H2,1-3H3,(H,27,28). The smallest absolute Gasteiger partial charge is 0.303 e. The highest BCUT2D eigenvalue weighted by Crippen LogP contribution is 2.38. The van der Waals surface area contributed by atoms with Crippen LogP contribution < -0.4 is 0 Å². The largest absolute Gasteiger partial charge is 0.481 e. The summed E-state index contributed by atoms with van der Waals surface area (Å²) in [6.07, 6.45) is 8.72. The van der Waals surface area contributed by atoms with Crippen molar-refractivity contribution in [1.82, 2.24) is 0 Å². The zero-order chi connectivity index (χ0) is 21.2. The number of aliphatic hydroxyl groups excluding tert-OH is 1. The Bertz CT molecular complexity index is 515. The highest BCUT2D eigenvalue weighted by Gasteiger charge is 2.41. The minimum atomic E-state index is -0.767. The Morgan fingerprint density at radius 1 is 1.04 bits per heavy atom. The van der Waals surface area contributed by atoms with Gasteiger partial charge in [0.05, 0.1) is 6.10 Å². The second-order valence-corrected chi connectivity index (χ2v) is 8.83. The topological polar surface area (TPSA) is 91.7 Å². The van der Waals surface area contributed by atoms with Gasteiger partial charge >= 0.3 is 5.97 Å². The molecule has 28 heavy (non-hydrogen) atoms. The van der Waals surface area contributed by atoms with Crippen LogP contribution in [0.3, 0.4) is 0 Å². The van der Waals surface area contributed by atoms with Crippen molar-refractivity contribution in [2.75, 3.05) is 0 Å². The lowest BCUT2D eigenvalue weighted by Gasteiger charge is -2.28. The van der Waals surface area contributed by atoms with Crippen LogP contribution >= 0.6 is 0 Å². The molecule has 0 heterocycles. The summed E-state index contributed by atoms with van der Waals surface area (Å²) in [6.45, 7) is 6.25. The molecule has 1 saturated carbocycles. The van der Waals surface area contributed by atoms with Gasteiger partial charge in [0.2, 0.25) is 0 Å². The Morgan fingerprint density at radius 3 is 2.32 bits per heavy atom. The van der Waals surface area contributed by atoms with Gasteiger partial charge < -0.3 is 10.2 Å². The number of Topliss-reactive ketones (excluding diaryl/α,β-unsaturated/α-hetero) is 2. The van der Waals surface area contributed by atoms with Gasteiger partial charge in [0, 0.05) is 30.6 Å². The molecule has 0 aliphatic heterocycles. The molecule has 0 aromatic heterocycles. The third-order valence-electron chi connectivity index (χ3n) is 6.73. The fourth-order valence-corrected chi connectivity index (χ4v) is 4.46. The summed E-state index contributed by atoms with van der Waals surface area (Å²) in [5.41, 5.74) is -0.288. The first-order valence-corrected chi connectivity index (χ1v) is 11.2. The van der Waals surface area contributed by atoms with Crippen molar-refractivity contribution >= 4 is 17.5 Å². The van der Waals surface area contributed by atoms with E-state index < -0.39 is 12.1 Å². The molecule has 4 unspecified atom stereocenters. The molecule has 2 N–H and O–H groups in total. The predicted octanol–water partition coefficient (Wildman–Crippen LogP) is 4.93. The third kappa shape index (κ3) is 7.65. The Hall–Kier alpha value is -1.23. The lowest BCUT2D eigenvalue weighted by atomic mass is 9.75. The van der Waals surface area contributed by atoms with Crippen LogP contribution in [-0.4, -0.2) is 33.9 Å². The van der Waals surface area contributed by atoms with E-state index in [0.717, 1.165) is 51.4 Å². The van der Waals surface area contributed by atoms with Gasteiger partial charge in [0.15, 0.2) is 0 Å². The number of unbranched alkanes of at least 4 members (excludes halogenated alkanes) is 4. The summed E-state index contributed by atoms with van der Waals surface area (Å²) < 4.78 is 0. The number of rotatable bonds is 15. The fraction of sp³-hybridized carbons (Fsp3) is 0.870. The Morgan fingerprint density at radius 2 is 1.71 bits per heavy atom. The van der Waals surface area contributed by atoms with Crippen LogP contribution in [0.15, 0.2) is 0 Å². The quantitative estimate of drug-likeness (QED) is 0.383. The van der Waals surface area contributed by atoms with E-state index in [1.54, 1.807) is 0 Å². The predicted molar refractivity (Wildman–Crippen MR) is 110 cm³/mol. The van der Waals surface area contributed by atoms with E-state index in [-0.39, 0.29) is 41.7 Å². The number of carbonyl (C=O) groups excluding carboxylic acids is 2. The monoisotopic (exact) mass is 396 g/mol. The van der Waals surface area contributed by atoms with Gasteiger partial charge in [-0.25, -0.2) is 0 Å². The maximum absolute atomic E-state index is 12.8. The number of hydrogen-bond acceptors (Lipinski definition) is 4. The first kappa shape index (κ1) is 24.8. The van der Waals surface area contributed by atoms with Crippen molar-refractivity contribution in [2.24, 2.45) is 17.3 Å². The van der Waals surface area contributed by atoms with E-state index in [1.165, 1.54) is 0 Å². The maximum Gasteiger partial charge on any atom is 0.303 e. The van der Waals surface area contributed by atoms with Crippen molar-refractivity contribution in [3.63, 3.8) is 0 Å². The highest BCUT2D eigenvalue weighted by molar-refractivity contribution is 5.86. The number of carboxylic acid groups (broad SMARTS) is 1. The molecule has 162 valence electrons.